The molecule has 1 aromatic carbocycles. The second-order valence-corrected chi connectivity index (χ2v) is 3.06. The second kappa shape index (κ2) is 6.43. The highest BCUT2D eigenvalue weighted by molar-refractivity contribution is 5.85. The van der Waals surface area contributed by atoms with Crippen LogP contribution in [-0.4, -0.2) is 17.6 Å². The number of nitrogens with one attached hydrogen (secondary N) is 1. The summed E-state index contributed by atoms with van der Waals surface area (Å²) in [6.07, 6.45) is -0.948. The number of hydrogen-bond donors (Lipinski definition) is 2. The Labute approximate surface area is 96.0 Å². The van der Waals surface area contributed by atoms with Crippen LogP contribution in [0.15, 0.2) is 24.3 Å². The SMILES string of the molecule is CCOC(=N)C(O)c1ccccc1C.Cl. The molecule has 0 spiro atoms. The Morgan fingerprint density at radius 3 is 2.60 bits per heavy atom. The van der Waals surface area contributed by atoms with Gasteiger partial charge >= 0.3 is 0 Å². The molecule has 0 radical (unpaired) electrons. The highest BCUT2D eigenvalue weighted by Gasteiger charge is 2.15. The van der Waals surface area contributed by atoms with E-state index < -0.39 is 6.10 Å². The van der Waals surface area contributed by atoms with E-state index in [1.807, 2.05) is 25.1 Å². The van der Waals surface area contributed by atoms with E-state index in [-0.39, 0.29) is 18.3 Å². The number of benzene rings is 1. The third kappa shape index (κ3) is 3.53. The van der Waals surface area contributed by atoms with Crippen LogP contribution in [0, 0.1) is 12.3 Å². The molecule has 2 N–H and O–H groups in total. The van der Waals surface area contributed by atoms with Gasteiger partial charge in [0.1, 0.15) is 0 Å². The normalized spacial score (nSPS) is 11.4. The van der Waals surface area contributed by atoms with Gasteiger partial charge < -0.3 is 9.84 Å². The van der Waals surface area contributed by atoms with Crippen molar-refractivity contribution < 1.29 is 9.84 Å². The zero-order chi connectivity index (χ0) is 10.6. The number of aryl methyl sites for hydroxylation is 1. The lowest BCUT2D eigenvalue weighted by Crippen LogP contribution is -2.15. The van der Waals surface area contributed by atoms with E-state index in [9.17, 15) is 5.11 Å². The van der Waals surface area contributed by atoms with Crippen LogP contribution >= 0.6 is 12.4 Å². The van der Waals surface area contributed by atoms with Gasteiger partial charge in [-0.25, -0.2) is 0 Å². The minimum absolute atomic E-state index is 0. The van der Waals surface area contributed by atoms with Gasteiger partial charge in [0.25, 0.3) is 0 Å². The van der Waals surface area contributed by atoms with Crippen LogP contribution in [0.4, 0.5) is 0 Å². The van der Waals surface area contributed by atoms with Crippen molar-refractivity contribution in [3.8, 4) is 0 Å². The molecule has 4 heteroatoms. The van der Waals surface area contributed by atoms with E-state index in [1.54, 1.807) is 13.0 Å². The largest absolute Gasteiger partial charge is 0.479 e. The maximum Gasteiger partial charge on any atom is 0.214 e. The first-order valence-corrected chi connectivity index (χ1v) is 4.61. The van der Waals surface area contributed by atoms with Gasteiger partial charge in [-0.05, 0) is 25.0 Å². The van der Waals surface area contributed by atoms with E-state index in [4.69, 9.17) is 10.1 Å². The molecule has 1 aromatic rings. The topological polar surface area (TPSA) is 53.3 Å². The van der Waals surface area contributed by atoms with Gasteiger partial charge in [0.15, 0.2) is 6.10 Å². The molecular formula is C11H16ClNO2. The molecule has 1 rings (SSSR count). The Bertz CT molecular complexity index is 328. The monoisotopic (exact) mass is 229 g/mol. The fourth-order valence-corrected chi connectivity index (χ4v) is 1.27. The van der Waals surface area contributed by atoms with E-state index in [0.29, 0.717) is 6.61 Å². The lowest BCUT2D eigenvalue weighted by molar-refractivity contribution is 0.190. The molecule has 15 heavy (non-hydrogen) atoms. The Kier molecular flexibility index (Phi) is 5.97. The van der Waals surface area contributed by atoms with Crippen molar-refractivity contribution in [1.29, 1.82) is 5.41 Å². The Morgan fingerprint density at radius 1 is 1.47 bits per heavy atom. The summed E-state index contributed by atoms with van der Waals surface area (Å²) in [7, 11) is 0. The first-order valence-electron chi connectivity index (χ1n) is 4.61. The highest BCUT2D eigenvalue weighted by Crippen LogP contribution is 2.18. The fourth-order valence-electron chi connectivity index (χ4n) is 1.27. The standard InChI is InChI=1S/C11H15NO2.ClH/c1-3-14-11(12)10(13)9-7-5-4-6-8(9)2;/h4-7,10,12-13H,3H2,1-2H3;1H. The third-order valence-corrected chi connectivity index (χ3v) is 2.03. The summed E-state index contributed by atoms with van der Waals surface area (Å²) in [5, 5.41) is 17.2. The molecule has 0 saturated carbocycles. The molecule has 84 valence electrons. The second-order valence-electron chi connectivity index (χ2n) is 3.06. The van der Waals surface area contributed by atoms with Gasteiger partial charge in [0, 0.05) is 0 Å². The number of rotatable bonds is 3. The number of aliphatic hydroxyl groups is 1. The van der Waals surface area contributed by atoms with Crippen molar-refractivity contribution in [3.63, 3.8) is 0 Å². The molecule has 0 saturated heterocycles. The maximum absolute atomic E-state index is 9.75. The summed E-state index contributed by atoms with van der Waals surface area (Å²) >= 11 is 0. The van der Waals surface area contributed by atoms with E-state index in [0.717, 1.165) is 11.1 Å². The van der Waals surface area contributed by atoms with Crippen LogP contribution in [0.5, 0.6) is 0 Å². The van der Waals surface area contributed by atoms with Gasteiger partial charge in [0.05, 0.1) is 6.61 Å². The van der Waals surface area contributed by atoms with E-state index in [1.165, 1.54) is 0 Å². The van der Waals surface area contributed by atoms with Crippen molar-refractivity contribution >= 4 is 18.3 Å². The molecule has 1 unspecified atom stereocenters. The summed E-state index contributed by atoms with van der Waals surface area (Å²) in [5.74, 6) is -0.0956. The van der Waals surface area contributed by atoms with Gasteiger partial charge in [0.2, 0.25) is 5.90 Å². The quantitative estimate of drug-likeness (QED) is 0.618. The van der Waals surface area contributed by atoms with E-state index in [2.05, 4.69) is 0 Å². The molecule has 3 nitrogen and oxygen atoms in total. The number of hydrogen-bond acceptors (Lipinski definition) is 3. The van der Waals surface area contributed by atoms with Crippen molar-refractivity contribution in [1.82, 2.24) is 0 Å². The molecule has 0 aliphatic rings. The highest BCUT2D eigenvalue weighted by atomic mass is 35.5. The summed E-state index contributed by atoms with van der Waals surface area (Å²) < 4.78 is 4.95. The fraction of sp³-hybridized carbons (Fsp3) is 0.364. The van der Waals surface area contributed by atoms with Crippen molar-refractivity contribution in [2.24, 2.45) is 0 Å². The van der Waals surface area contributed by atoms with Gasteiger partial charge in [-0.3, -0.25) is 5.41 Å². The Morgan fingerprint density at radius 2 is 2.07 bits per heavy atom. The molecule has 0 bridgehead atoms. The average molecular weight is 230 g/mol. The Hall–Kier alpha value is -1.06. The summed E-state index contributed by atoms with van der Waals surface area (Å²) in [5.41, 5.74) is 1.69. The number of aliphatic hydroxyl groups excluding tert-OH is 1. The van der Waals surface area contributed by atoms with Crippen LogP contribution in [0.25, 0.3) is 0 Å². The molecule has 0 fully saturated rings. The summed E-state index contributed by atoms with van der Waals surface area (Å²) in [4.78, 5) is 0. The van der Waals surface area contributed by atoms with Crippen LogP contribution in [0.3, 0.4) is 0 Å². The smallest absolute Gasteiger partial charge is 0.214 e. The average Bonchev–Trinajstić information content (AvgIpc) is 2.18. The zero-order valence-corrected chi connectivity index (χ0v) is 9.67. The lowest BCUT2D eigenvalue weighted by atomic mass is 10.0. The van der Waals surface area contributed by atoms with E-state index >= 15 is 0 Å². The van der Waals surface area contributed by atoms with Crippen molar-refractivity contribution in [3.05, 3.63) is 35.4 Å². The molecular weight excluding hydrogens is 214 g/mol. The predicted octanol–water partition coefficient (Wildman–Crippen LogP) is 2.46. The predicted molar refractivity (Wildman–Crippen MR) is 62.7 cm³/mol. The van der Waals surface area contributed by atoms with Crippen LogP contribution in [0.2, 0.25) is 0 Å². The molecule has 0 amide bonds. The van der Waals surface area contributed by atoms with Crippen LogP contribution in [0.1, 0.15) is 24.2 Å². The van der Waals surface area contributed by atoms with Crippen molar-refractivity contribution in [2.45, 2.75) is 20.0 Å². The molecule has 0 aliphatic heterocycles. The summed E-state index contributed by atoms with van der Waals surface area (Å²) in [6, 6.07) is 7.44. The van der Waals surface area contributed by atoms with Gasteiger partial charge in [-0.15, -0.1) is 12.4 Å². The van der Waals surface area contributed by atoms with Gasteiger partial charge in [-0.1, -0.05) is 24.3 Å². The first-order chi connectivity index (χ1) is 6.66. The van der Waals surface area contributed by atoms with Crippen molar-refractivity contribution in [2.75, 3.05) is 6.61 Å². The van der Waals surface area contributed by atoms with Crippen LogP contribution in [-0.2, 0) is 4.74 Å². The van der Waals surface area contributed by atoms with Crippen LogP contribution < -0.4 is 0 Å². The number of ether oxygens (including phenoxy) is 1. The molecule has 1 atom stereocenters. The van der Waals surface area contributed by atoms with Gasteiger partial charge in [-0.2, -0.15) is 0 Å². The third-order valence-electron chi connectivity index (χ3n) is 2.03. The zero-order valence-electron chi connectivity index (χ0n) is 8.86. The maximum atomic E-state index is 9.75. The minimum atomic E-state index is -0.948. The molecule has 0 aliphatic carbocycles. The molecule has 0 heterocycles. The Balaban J connectivity index is 0.00000196. The summed E-state index contributed by atoms with van der Waals surface area (Å²) in [6.45, 7) is 4.10. The number of halogens is 1. The first kappa shape index (κ1) is 13.9. The minimum Gasteiger partial charge on any atom is -0.479 e. The molecule has 0 aromatic heterocycles. The lowest BCUT2D eigenvalue weighted by Gasteiger charge is -2.14.